The molecular weight excluding hydrogens is 406 g/mol. The number of nitro benzene ring substituents is 1. The molecule has 2 heterocycles. The van der Waals surface area contributed by atoms with Gasteiger partial charge in [-0.05, 0) is 32.9 Å². The van der Waals surface area contributed by atoms with Crippen LogP contribution in [0.4, 0.5) is 11.4 Å². The molecule has 1 amide bonds. The molecule has 0 spiro atoms. The Labute approximate surface area is 186 Å². The van der Waals surface area contributed by atoms with Crippen molar-refractivity contribution >= 4 is 17.3 Å². The average Bonchev–Trinajstić information content (AvgIpc) is 2.81. The monoisotopic (exact) mass is 431 g/mol. The maximum Gasteiger partial charge on any atom is 0.270 e. The van der Waals surface area contributed by atoms with Gasteiger partial charge < -0.3 is 5.32 Å². The minimum Gasteiger partial charge on any atom is -0.322 e. The van der Waals surface area contributed by atoms with E-state index in [0.29, 0.717) is 35.0 Å². The largest absolute Gasteiger partial charge is 0.322 e. The van der Waals surface area contributed by atoms with Gasteiger partial charge in [-0.25, -0.2) is 9.97 Å². The minimum absolute atomic E-state index is 0.0365. The fraction of sp³-hybridized carbons (Fsp3) is 0.292. The Kier molecular flexibility index (Phi) is 6.51. The molecule has 8 heteroatoms. The summed E-state index contributed by atoms with van der Waals surface area (Å²) in [6.45, 7) is 3.93. The SMILES string of the molecule is Cc1nc(-c2ccccc2)nc(-c2cccc([N+](=O)[O-])c2)c1NC(=O)CN1CCCCC1. The molecule has 1 saturated heterocycles. The fourth-order valence-electron chi connectivity index (χ4n) is 3.91. The molecule has 0 saturated carbocycles. The highest BCUT2D eigenvalue weighted by atomic mass is 16.6. The number of benzene rings is 2. The molecule has 3 aromatic rings. The first kappa shape index (κ1) is 21.6. The van der Waals surface area contributed by atoms with Crippen LogP contribution in [0.3, 0.4) is 0 Å². The number of piperidine rings is 1. The van der Waals surface area contributed by atoms with E-state index in [1.165, 1.54) is 18.6 Å². The lowest BCUT2D eigenvalue weighted by atomic mass is 10.1. The number of nitrogens with one attached hydrogen (secondary N) is 1. The second-order valence-corrected chi connectivity index (χ2v) is 7.91. The molecule has 32 heavy (non-hydrogen) atoms. The van der Waals surface area contributed by atoms with Gasteiger partial charge in [-0.3, -0.25) is 19.8 Å². The second kappa shape index (κ2) is 9.65. The minimum atomic E-state index is -0.440. The Bertz CT molecular complexity index is 1130. The van der Waals surface area contributed by atoms with E-state index in [0.717, 1.165) is 31.5 Å². The van der Waals surface area contributed by atoms with Gasteiger partial charge in [0.1, 0.15) is 0 Å². The molecule has 0 radical (unpaired) electrons. The summed E-state index contributed by atoms with van der Waals surface area (Å²) in [4.78, 5) is 35.2. The van der Waals surface area contributed by atoms with Gasteiger partial charge in [0.2, 0.25) is 5.91 Å². The molecule has 1 fully saturated rings. The summed E-state index contributed by atoms with van der Waals surface area (Å²) in [7, 11) is 0. The van der Waals surface area contributed by atoms with Crippen LogP contribution in [0.15, 0.2) is 54.6 Å². The Hall–Kier alpha value is -3.65. The normalized spacial score (nSPS) is 14.2. The molecule has 1 aliphatic rings. The van der Waals surface area contributed by atoms with E-state index in [1.807, 2.05) is 37.3 Å². The first-order valence-electron chi connectivity index (χ1n) is 10.7. The van der Waals surface area contributed by atoms with E-state index >= 15 is 0 Å². The van der Waals surface area contributed by atoms with Crippen molar-refractivity contribution in [1.29, 1.82) is 0 Å². The summed E-state index contributed by atoms with van der Waals surface area (Å²) < 4.78 is 0. The second-order valence-electron chi connectivity index (χ2n) is 7.91. The molecule has 0 unspecified atom stereocenters. The zero-order valence-electron chi connectivity index (χ0n) is 18.0. The van der Waals surface area contributed by atoms with Gasteiger partial charge in [0.05, 0.1) is 28.5 Å². The van der Waals surface area contributed by atoms with Gasteiger partial charge in [-0.2, -0.15) is 0 Å². The van der Waals surface area contributed by atoms with Gasteiger partial charge in [-0.15, -0.1) is 0 Å². The van der Waals surface area contributed by atoms with Crippen molar-refractivity contribution in [3.05, 3.63) is 70.4 Å². The quantitative estimate of drug-likeness (QED) is 0.457. The number of non-ortho nitro benzene ring substituents is 1. The molecular formula is C24H25N5O3. The zero-order chi connectivity index (χ0) is 22.5. The van der Waals surface area contributed by atoms with E-state index in [4.69, 9.17) is 4.98 Å². The third kappa shape index (κ3) is 4.97. The van der Waals surface area contributed by atoms with Crippen LogP contribution in [0.25, 0.3) is 22.6 Å². The summed E-state index contributed by atoms with van der Waals surface area (Å²) in [6.07, 6.45) is 3.39. The van der Waals surface area contributed by atoms with Crippen LogP contribution >= 0.6 is 0 Å². The Morgan fingerprint density at radius 1 is 1.03 bits per heavy atom. The fourth-order valence-corrected chi connectivity index (χ4v) is 3.91. The van der Waals surface area contributed by atoms with Crippen LogP contribution < -0.4 is 5.32 Å². The number of amides is 1. The van der Waals surface area contributed by atoms with Crippen LogP contribution in [0.5, 0.6) is 0 Å². The lowest BCUT2D eigenvalue weighted by Gasteiger charge is -2.26. The van der Waals surface area contributed by atoms with E-state index in [2.05, 4.69) is 15.2 Å². The van der Waals surface area contributed by atoms with E-state index < -0.39 is 4.92 Å². The first-order chi connectivity index (χ1) is 15.5. The maximum atomic E-state index is 12.8. The third-order valence-corrected chi connectivity index (χ3v) is 5.53. The number of hydrogen-bond donors (Lipinski definition) is 1. The van der Waals surface area contributed by atoms with Gasteiger partial charge in [0.25, 0.3) is 5.69 Å². The molecule has 164 valence electrons. The number of aryl methyl sites for hydroxylation is 1. The van der Waals surface area contributed by atoms with Crippen molar-refractivity contribution in [2.45, 2.75) is 26.2 Å². The maximum absolute atomic E-state index is 12.8. The first-order valence-corrected chi connectivity index (χ1v) is 10.7. The number of carbonyl (C=O) groups excluding carboxylic acids is 1. The lowest BCUT2D eigenvalue weighted by molar-refractivity contribution is -0.384. The number of nitrogens with zero attached hydrogens (tertiary/aromatic N) is 4. The highest BCUT2D eigenvalue weighted by molar-refractivity contribution is 5.97. The Morgan fingerprint density at radius 3 is 2.47 bits per heavy atom. The summed E-state index contributed by atoms with van der Waals surface area (Å²) in [5, 5.41) is 14.3. The topological polar surface area (TPSA) is 101 Å². The van der Waals surface area contributed by atoms with Crippen LogP contribution in [0.2, 0.25) is 0 Å². The van der Waals surface area contributed by atoms with E-state index in [-0.39, 0.29) is 11.6 Å². The molecule has 0 bridgehead atoms. The number of anilines is 1. The summed E-state index contributed by atoms with van der Waals surface area (Å²) in [5.74, 6) is 0.358. The third-order valence-electron chi connectivity index (χ3n) is 5.53. The molecule has 1 aromatic heterocycles. The highest BCUT2D eigenvalue weighted by Crippen LogP contribution is 2.32. The standard InChI is InChI=1S/C24H25N5O3/c1-17-22(26-21(30)16-28-13-6-3-7-14-28)23(19-11-8-12-20(15-19)29(31)32)27-24(25-17)18-9-4-2-5-10-18/h2,4-5,8-12,15H,3,6-7,13-14,16H2,1H3,(H,26,30). The zero-order valence-corrected chi connectivity index (χ0v) is 18.0. The molecule has 2 aromatic carbocycles. The lowest BCUT2D eigenvalue weighted by Crippen LogP contribution is -2.37. The summed E-state index contributed by atoms with van der Waals surface area (Å²) in [6, 6.07) is 15.8. The molecule has 0 atom stereocenters. The van der Waals surface area contributed by atoms with Crippen molar-refractivity contribution in [3.8, 4) is 22.6 Å². The molecule has 1 N–H and O–H groups in total. The predicted molar refractivity (Wildman–Crippen MR) is 123 cm³/mol. The number of aromatic nitrogens is 2. The molecule has 1 aliphatic heterocycles. The van der Waals surface area contributed by atoms with E-state index in [9.17, 15) is 14.9 Å². The highest BCUT2D eigenvalue weighted by Gasteiger charge is 2.20. The van der Waals surface area contributed by atoms with Gasteiger partial charge >= 0.3 is 0 Å². The number of rotatable bonds is 6. The van der Waals surface area contributed by atoms with Crippen molar-refractivity contribution in [1.82, 2.24) is 14.9 Å². The molecule has 8 nitrogen and oxygen atoms in total. The predicted octanol–water partition coefficient (Wildman–Crippen LogP) is 4.45. The van der Waals surface area contributed by atoms with Crippen molar-refractivity contribution in [3.63, 3.8) is 0 Å². The van der Waals surface area contributed by atoms with Gasteiger partial charge in [0.15, 0.2) is 5.82 Å². The average molecular weight is 431 g/mol. The van der Waals surface area contributed by atoms with Crippen molar-refractivity contribution < 1.29 is 9.72 Å². The van der Waals surface area contributed by atoms with Crippen molar-refractivity contribution in [2.24, 2.45) is 0 Å². The summed E-state index contributed by atoms with van der Waals surface area (Å²) >= 11 is 0. The van der Waals surface area contributed by atoms with Crippen LogP contribution in [-0.2, 0) is 4.79 Å². The Morgan fingerprint density at radius 2 is 1.75 bits per heavy atom. The molecule has 4 rings (SSSR count). The van der Waals surface area contributed by atoms with Gasteiger partial charge in [0, 0.05) is 23.3 Å². The van der Waals surface area contributed by atoms with Crippen molar-refractivity contribution in [2.75, 3.05) is 25.0 Å². The number of likely N-dealkylation sites (tertiary alicyclic amines) is 1. The van der Waals surface area contributed by atoms with E-state index in [1.54, 1.807) is 12.1 Å². The van der Waals surface area contributed by atoms with Crippen LogP contribution in [0.1, 0.15) is 25.0 Å². The molecule has 0 aliphatic carbocycles. The van der Waals surface area contributed by atoms with Crippen LogP contribution in [-0.4, -0.2) is 45.3 Å². The smallest absolute Gasteiger partial charge is 0.270 e. The Balaban J connectivity index is 1.73. The number of hydrogen-bond acceptors (Lipinski definition) is 6. The van der Waals surface area contributed by atoms with Gasteiger partial charge in [-0.1, -0.05) is 48.9 Å². The van der Waals surface area contributed by atoms with Crippen LogP contribution in [0, 0.1) is 17.0 Å². The number of carbonyl (C=O) groups is 1. The summed E-state index contributed by atoms with van der Waals surface area (Å²) in [5.41, 5.74) is 2.89. The number of nitro groups is 1.